The maximum Gasteiger partial charge on any atom is 0.0643 e. The lowest BCUT2D eigenvalue weighted by molar-refractivity contribution is 0.652. The van der Waals surface area contributed by atoms with Crippen molar-refractivity contribution in [3.05, 3.63) is 41.4 Å². The number of anilines is 1. The van der Waals surface area contributed by atoms with E-state index in [4.69, 9.17) is 11.6 Å². The fourth-order valence-electron chi connectivity index (χ4n) is 2.16. The summed E-state index contributed by atoms with van der Waals surface area (Å²) in [4.78, 5) is 2.35. The molecule has 98 valence electrons. The van der Waals surface area contributed by atoms with Crippen molar-refractivity contribution < 1.29 is 0 Å². The van der Waals surface area contributed by atoms with Crippen molar-refractivity contribution in [2.45, 2.75) is 31.8 Å². The number of halogens is 1. The third kappa shape index (κ3) is 2.88. The second kappa shape index (κ2) is 5.77. The number of benzene rings is 1. The van der Waals surface area contributed by atoms with Crippen molar-refractivity contribution in [2.24, 2.45) is 0 Å². The van der Waals surface area contributed by atoms with E-state index in [1.165, 1.54) is 18.4 Å². The molecule has 1 aromatic carbocycles. The van der Waals surface area contributed by atoms with Gasteiger partial charge in [-0.2, -0.15) is 0 Å². The summed E-state index contributed by atoms with van der Waals surface area (Å²) in [5, 5.41) is 4.07. The molecule has 0 saturated heterocycles. The van der Waals surface area contributed by atoms with Crippen LogP contribution >= 0.6 is 11.6 Å². The predicted molar refractivity (Wildman–Crippen MR) is 79.5 cm³/mol. The Hall–Kier alpha value is -0.990. The van der Waals surface area contributed by atoms with Gasteiger partial charge in [0.15, 0.2) is 0 Å². The highest BCUT2D eigenvalue weighted by molar-refractivity contribution is 6.33. The predicted octanol–water partition coefficient (Wildman–Crippen LogP) is 3.78. The highest BCUT2D eigenvalue weighted by Gasteiger charge is 2.29. The van der Waals surface area contributed by atoms with Crippen LogP contribution in [0.2, 0.25) is 5.02 Å². The highest BCUT2D eigenvalue weighted by atomic mass is 35.5. The molecule has 0 bridgehead atoms. The van der Waals surface area contributed by atoms with Gasteiger partial charge < -0.3 is 10.2 Å². The second-order valence-corrected chi connectivity index (χ2v) is 5.30. The Balaban J connectivity index is 2.24. The first-order chi connectivity index (χ1) is 8.67. The van der Waals surface area contributed by atoms with E-state index in [1.807, 2.05) is 13.1 Å². The van der Waals surface area contributed by atoms with Crippen molar-refractivity contribution in [1.29, 1.82) is 0 Å². The molecule has 18 heavy (non-hydrogen) atoms. The highest BCUT2D eigenvalue weighted by Crippen LogP contribution is 2.36. The zero-order valence-corrected chi connectivity index (χ0v) is 11.9. The summed E-state index contributed by atoms with van der Waals surface area (Å²) in [6.07, 6.45) is 4.47. The van der Waals surface area contributed by atoms with Gasteiger partial charge in [-0.05, 0) is 44.5 Å². The van der Waals surface area contributed by atoms with Crippen LogP contribution in [0.3, 0.4) is 0 Å². The quantitative estimate of drug-likeness (QED) is 0.787. The molecule has 1 aliphatic carbocycles. The average Bonchev–Trinajstić information content (AvgIpc) is 3.19. The van der Waals surface area contributed by atoms with Crippen molar-refractivity contribution in [1.82, 2.24) is 5.32 Å². The molecule has 0 heterocycles. The topological polar surface area (TPSA) is 15.3 Å². The molecular weight excluding hydrogens is 244 g/mol. The molecule has 3 heteroatoms. The van der Waals surface area contributed by atoms with E-state index in [0.717, 1.165) is 17.3 Å². The molecule has 0 amide bonds. The molecule has 1 fully saturated rings. The van der Waals surface area contributed by atoms with E-state index < -0.39 is 0 Å². The summed E-state index contributed by atoms with van der Waals surface area (Å²) < 4.78 is 0. The molecule has 2 nitrogen and oxygen atoms in total. The Morgan fingerprint density at radius 3 is 2.78 bits per heavy atom. The molecular formula is C15H21ClN2. The lowest BCUT2D eigenvalue weighted by atomic mass is 10.1. The molecule has 1 aliphatic rings. The van der Waals surface area contributed by atoms with Gasteiger partial charge in [-0.1, -0.05) is 23.7 Å². The molecule has 1 N–H and O–H groups in total. The van der Waals surface area contributed by atoms with E-state index in [-0.39, 0.29) is 0 Å². The first-order valence-electron chi connectivity index (χ1n) is 6.51. The largest absolute Gasteiger partial charge is 0.364 e. The standard InChI is InChI=1S/C15H21ClN2/c1-4-9-18(13-6-7-13)15-8-5-12(10-14(15)16)11(2)17-3/h4-5,8,10-11,13,17H,1,6-7,9H2,2-3H3. The van der Waals surface area contributed by atoms with Gasteiger partial charge in [0, 0.05) is 18.6 Å². The molecule has 1 unspecified atom stereocenters. The average molecular weight is 265 g/mol. The number of nitrogens with zero attached hydrogens (tertiary/aromatic N) is 1. The summed E-state index contributed by atoms with van der Waals surface area (Å²) in [5.74, 6) is 0. The van der Waals surface area contributed by atoms with Gasteiger partial charge in [0.1, 0.15) is 0 Å². The van der Waals surface area contributed by atoms with E-state index in [2.05, 4.69) is 41.9 Å². The second-order valence-electron chi connectivity index (χ2n) is 4.89. The van der Waals surface area contributed by atoms with Crippen LogP contribution in [-0.2, 0) is 0 Å². The Kier molecular flexibility index (Phi) is 4.31. The number of hydrogen-bond donors (Lipinski definition) is 1. The van der Waals surface area contributed by atoms with Gasteiger partial charge in [-0.15, -0.1) is 6.58 Å². The molecule has 0 spiro atoms. The van der Waals surface area contributed by atoms with Crippen molar-refractivity contribution in [3.8, 4) is 0 Å². The maximum atomic E-state index is 6.43. The summed E-state index contributed by atoms with van der Waals surface area (Å²) in [6, 6.07) is 7.32. The van der Waals surface area contributed by atoms with E-state index in [1.54, 1.807) is 0 Å². The van der Waals surface area contributed by atoms with E-state index in [0.29, 0.717) is 12.1 Å². The minimum absolute atomic E-state index is 0.324. The summed E-state index contributed by atoms with van der Waals surface area (Å²) in [6.45, 7) is 6.83. The van der Waals surface area contributed by atoms with Crippen molar-refractivity contribution >= 4 is 17.3 Å². The maximum absolute atomic E-state index is 6.43. The zero-order valence-electron chi connectivity index (χ0n) is 11.1. The molecule has 0 aliphatic heterocycles. The molecule has 1 saturated carbocycles. The van der Waals surface area contributed by atoms with E-state index >= 15 is 0 Å². The van der Waals surface area contributed by atoms with Gasteiger partial charge in [-0.25, -0.2) is 0 Å². The van der Waals surface area contributed by atoms with Gasteiger partial charge >= 0.3 is 0 Å². The number of rotatable bonds is 6. The summed E-state index contributed by atoms with van der Waals surface area (Å²) in [5.41, 5.74) is 2.35. The van der Waals surface area contributed by atoms with Crippen molar-refractivity contribution in [3.63, 3.8) is 0 Å². The van der Waals surface area contributed by atoms with Gasteiger partial charge in [0.25, 0.3) is 0 Å². The molecule has 0 radical (unpaired) electrons. The molecule has 1 atom stereocenters. The van der Waals surface area contributed by atoms with E-state index in [9.17, 15) is 0 Å². The Morgan fingerprint density at radius 1 is 1.56 bits per heavy atom. The van der Waals surface area contributed by atoms with Crippen LogP contribution in [0.1, 0.15) is 31.4 Å². The number of nitrogens with one attached hydrogen (secondary N) is 1. The monoisotopic (exact) mass is 264 g/mol. The third-order valence-corrected chi connectivity index (χ3v) is 3.83. The first kappa shape index (κ1) is 13.4. The number of hydrogen-bond acceptors (Lipinski definition) is 2. The van der Waals surface area contributed by atoms with Crippen LogP contribution in [0.15, 0.2) is 30.9 Å². The van der Waals surface area contributed by atoms with Crippen molar-refractivity contribution in [2.75, 3.05) is 18.5 Å². The van der Waals surface area contributed by atoms with Crippen LogP contribution < -0.4 is 10.2 Å². The Morgan fingerprint density at radius 2 is 2.28 bits per heavy atom. The van der Waals surface area contributed by atoms with Crippen LogP contribution in [0, 0.1) is 0 Å². The minimum Gasteiger partial charge on any atom is -0.364 e. The third-order valence-electron chi connectivity index (χ3n) is 3.53. The van der Waals surface area contributed by atoms with Gasteiger partial charge in [0.2, 0.25) is 0 Å². The SMILES string of the molecule is C=CCN(c1ccc(C(C)NC)cc1Cl)C1CC1. The minimum atomic E-state index is 0.324. The fraction of sp³-hybridized carbons (Fsp3) is 0.467. The lowest BCUT2D eigenvalue weighted by Gasteiger charge is -2.25. The molecule has 1 aromatic rings. The molecule has 0 aromatic heterocycles. The zero-order chi connectivity index (χ0) is 13.1. The first-order valence-corrected chi connectivity index (χ1v) is 6.89. The van der Waals surface area contributed by atoms with Gasteiger partial charge in [-0.3, -0.25) is 0 Å². The van der Waals surface area contributed by atoms with Crippen LogP contribution in [0.5, 0.6) is 0 Å². The molecule has 2 rings (SSSR count). The summed E-state index contributed by atoms with van der Waals surface area (Å²) >= 11 is 6.43. The smallest absolute Gasteiger partial charge is 0.0643 e. The summed E-state index contributed by atoms with van der Waals surface area (Å²) in [7, 11) is 1.96. The van der Waals surface area contributed by atoms with Gasteiger partial charge in [0.05, 0.1) is 10.7 Å². The fourth-order valence-corrected chi connectivity index (χ4v) is 2.46. The Bertz CT molecular complexity index is 427. The normalized spacial score (nSPS) is 16.4. The van der Waals surface area contributed by atoms with Crippen LogP contribution in [0.4, 0.5) is 5.69 Å². The van der Waals surface area contributed by atoms with Crippen LogP contribution in [0.25, 0.3) is 0 Å². The Labute approximate surface area is 115 Å². The lowest BCUT2D eigenvalue weighted by Crippen LogP contribution is -2.26. The van der Waals surface area contributed by atoms with Crippen LogP contribution in [-0.4, -0.2) is 19.6 Å².